The van der Waals surface area contributed by atoms with Crippen LogP contribution in [0.3, 0.4) is 0 Å². The molecule has 0 rings (SSSR count). The van der Waals surface area contributed by atoms with E-state index in [-0.39, 0.29) is 0 Å². The van der Waals surface area contributed by atoms with Crippen LogP contribution in [0.25, 0.3) is 0 Å². The summed E-state index contributed by atoms with van der Waals surface area (Å²) in [5, 5.41) is 9.20. The van der Waals surface area contributed by atoms with E-state index in [1.165, 1.54) is 0 Å². The van der Waals surface area contributed by atoms with Crippen LogP contribution in [0.5, 0.6) is 0 Å². The second-order valence-electron chi connectivity index (χ2n) is 2.43. The molecule has 3 nitrogen and oxygen atoms in total. The van der Waals surface area contributed by atoms with E-state index in [0.717, 1.165) is 6.42 Å². The fourth-order valence-corrected chi connectivity index (χ4v) is 0.633. The molecular formula is C9H18O3. The molecule has 1 atom stereocenters. The topological polar surface area (TPSA) is 38.7 Å². The molecule has 0 aliphatic rings. The Kier molecular flexibility index (Phi) is 8.17. The molecule has 0 aromatic heterocycles. The summed E-state index contributed by atoms with van der Waals surface area (Å²) in [6.07, 6.45) is 3.93. The lowest BCUT2D eigenvalue weighted by Crippen LogP contribution is -2.20. The van der Waals surface area contributed by atoms with Gasteiger partial charge in [0.2, 0.25) is 0 Å². The molecule has 0 saturated heterocycles. The highest BCUT2D eigenvalue weighted by Crippen LogP contribution is 1.89. The van der Waals surface area contributed by atoms with Crippen molar-refractivity contribution in [2.24, 2.45) is 0 Å². The van der Waals surface area contributed by atoms with Crippen molar-refractivity contribution >= 4 is 0 Å². The zero-order chi connectivity index (χ0) is 9.23. The molecule has 0 heterocycles. The highest BCUT2D eigenvalue weighted by molar-refractivity contribution is 4.71. The Balaban J connectivity index is 3.18. The summed E-state index contributed by atoms with van der Waals surface area (Å²) < 4.78 is 10.0. The van der Waals surface area contributed by atoms with Crippen LogP contribution in [-0.2, 0) is 9.47 Å². The van der Waals surface area contributed by atoms with Crippen molar-refractivity contribution in [1.82, 2.24) is 0 Å². The molecule has 0 radical (unpaired) electrons. The van der Waals surface area contributed by atoms with Crippen LogP contribution in [-0.4, -0.2) is 31.0 Å². The minimum atomic E-state index is -0.522. The highest BCUT2D eigenvalue weighted by atomic mass is 16.5. The minimum absolute atomic E-state index is 0.302. The molecule has 0 fully saturated rings. The fraction of sp³-hybridized carbons (Fsp3) is 0.778. The minimum Gasteiger partial charge on any atom is -0.499 e. The van der Waals surface area contributed by atoms with E-state index in [9.17, 15) is 5.11 Å². The maximum Gasteiger partial charge on any atom is 0.115 e. The summed E-state index contributed by atoms with van der Waals surface area (Å²) in [6, 6.07) is 0. The summed E-state index contributed by atoms with van der Waals surface area (Å²) in [5.41, 5.74) is 0. The SMILES string of the molecule is CCC=COCC(O)COCC. The molecule has 0 aliphatic heterocycles. The van der Waals surface area contributed by atoms with Gasteiger partial charge in [-0.15, -0.1) is 0 Å². The average molecular weight is 174 g/mol. The molecular weight excluding hydrogens is 156 g/mol. The largest absolute Gasteiger partial charge is 0.499 e. The van der Waals surface area contributed by atoms with E-state index in [0.29, 0.717) is 19.8 Å². The van der Waals surface area contributed by atoms with Gasteiger partial charge in [-0.1, -0.05) is 13.0 Å². The summed E-state index contributed by atoms with van der Waals surface area (Å²) in [4.78, 5) is 0. The number of rotatable bonds is 7. The van der Waals surface area contributed by atoms with Crippen LogP contribution in [0, 0.1) is 0 Å². The smallest absolute Gasteiger partial charge is 0.115 e. The zero-order valence-corrected chi connectivity index (χ0v) is 7.82. The predicted molar refractivity (Wildman–Crippen MR) is 47.9 cm³/mol. The lowest BCUT2D eigenvalue weighted by molar-refractivity contribution is 0.00615. The quantitative estimate of drug-likeness (QED) is 0.592. The Labute approximate surface area is 74.0 Å². The summed E-state index contributed by atoms with van der Waals surface area (Å²) in [6.45, 7) is 5.19. The van der Waals surface area contributed by atoms with Crippen LogP contribution in [0.15, 0.2) is 12.3 Å². The maximum absolute atomic E-state index is 9.20. The van der Waals surface area contributed by atoms with Crippen LogP contribution in [0.4, 0.5) is 0 Å². The Morgan fingerprint density at radius 2 is 2.08 bits per heavy atom. The van der Waals surface area contributed by atoms with E-state index in [4.69, 9.17) is 9.47 Å². The van der Waals surface area contributed by atoms with E-state index in [1.54, 1.807) is 6.26 Å². The second-order valence-corrected chi connectivity index (χ2v) is 2.43. The second kappa shape index (κ2) is 8.56. The van der Waals surface area contributed by atoms with Gasteiger partial charge in [-0.2, -0.15) is 0 Å². The van der Waals surface area contributed by atoms with E-state index in [1.807, 2.05) is 19.9 Å². The highest BCUT2D eigenvalue weighted by Gasteiger charge is 2.01. The molecule has 0 bridgehead atoms. The lowest BCUT2D eigenvalue weighted by Gasteiger charge is -2.09. The molecule has 12 heavy (non-hydrogen) atoms. The van der Waals surface area contributed by atoms with E-state index in [2.05, 4.69) is 0 Å². The van der Waals surface area contributed by atoms with Crippen molar-refractivity contribution in [1.29, 1.82) is 0 Å². The van der Waals surface area contributed by atoms with Crippen molar-refractivity contribution in [3.05, 3.63) is 12.3 Å². The first kappa shape index (κ1) is 11.5. The Bertz CT molecular complexity index is 112. The number of aliphatic hydroxyl groups is 1. The van der Waals surface area contributed by atoms with E-state index >= 15 is 0 Å². The van der Waals surface area contributed by atoms with Gasteiger partial charge in [0.1, 0.15) is 12.7 Å². The summed E-state index contributed by atoms with van der Waals surface area (Å²) >= 11 is 0. The molecule has 0 amide bonds. The molecule has 0 spiro atoms. The molecule has 0 aliphatic carbocycles. The normalized spacial score (nSPS) is 13.6. The van der Waals surface area contributed by atoms with Gasteiger partial charge >= 0.3 is 0 Å². The Morgan fingerprint density at radius 1 is 1.33 bits per heavy atom. The third kappa shape index (κ3) is 7.57. The van der Waals surface area contributed by atoms with Crippen molar-refractivity contribution in [3.63, 3.8) is 0 Å². The molecule has 0 aromatic carbocycles. The third-order valence-electron chi connectivity index (χ3n) is 1.23. The molecule has 1 N–H and O–H groups in total. The number of allylic oxidation sites excluding steroid dienone is 1. The standard InChI is InChI=1S/C9H18O3/c1-3-5-6-12-8-9(10)7-11-4-2/h5-6,9-10H,3-4,7-8H2,1-2H3. The van der Waals surface area contributed by atoms with Crippen molar-refractivity contribution in [3.8, 4) is 0 Å². The Hall–Kier alpha value is -0.540. The molecule has 0 saturated carbocycles. The Morgan fingerprint density at radius 3 is 2.67 bits per heavy atom. The van der Waals surface area contributed by atoms with Gasteiger partial charge in [-0.3, -0.25) is 0 Å². The first-order valence-corrected chi connectivity index (χ1v) is 4.33. The van der Waals surface area contributed by atoms with Crippen molar-refractivity contribution in [2.75, 3.05) is 19.8 Å². The van der Waals surface area contributed by atoms with Gasteiger partial charge in [-0.25, -0.2) is 0 Å². The van der Waals surface area contributed by atoms with Gasteiger partial charge in [0.15, 0.2) is 0 Å². The van der Waals surface area contributed by atoms with Crippen LogP contribution < -0.4 is 0 Å². The number of ether oxygens (including phenoxy) is 2. The van der Waals surface area contributed by atoms with Crippen LogP contribution in [0.2, 0.25) is 0 Å². The van der Waals surface area contributed by atoms with E-state index < -0.39 is 6.10 Å². The molecule has 1 unspecified atom stereocenters. The van der Waals surface area contributed by atoms with Crippen molar-refractivity contribution in [2.45, 2.75) is 26.4 Å². The molecule has 3 heteroatoms. The van der Waals surface area contributed by atoms with Crippen LogP contribution >= 0.6 is 0 Å². The van der Waals surface area contributed by atoms with Gasteiger partial charge in [0.25, 0.3) is 0 Å². The lowest BCUT2D eigenvalue weighted by atomic mass is 10.4. The van der Waals surface area contributed by atoms with Gasteiger partial charge in [-0.05, 0) is 13.3 Å². The first-order valence-electron chi connectivity index (χ1n) is 4.33. The van der Waals surface area contributed by atoms with Crippen LogP contribution in [0.1, 0.15) is 20.3 Å². The van der Waals surface area contributed by atoms with Gasteiger partial charge in [0, 0.05) is 6.61 Å². The number of aliphatic hydroxyl groups excluding tert-OH is 1. The number of hydrogen-bond donors (Lipinski definition) is 1. The summed E-state index contributed by atoms with van der Waals surface area (Å²) in [7, 11) is 0. The third-order valence-corrected chi connectivity index (χ3v) is 1.23. The van der Waals surface area contributed by atoms with Crippen molar-refractivity contribution < 1.29 is 14.6 Å². The van der Waals surface area contributed by atoms with Gasteiger partial charge in [0.05, 0.1) is 12.9 Å². The molecule has 72 valence electrons. The average Bonchev–Trinajstić information content (AvgIpc) is 2.09. The first-order chi connectivity index (χ1) is 5.81. The predicted octanol–water partition coefficient (Wildman–Crippen LogP) is 1.32. The maximum atomic E-state index is 9.20. The van der Waals surface area contributed by atoms with Gasteiger partial charge < -0.3 is 14.6 Å². The monoisotopic (exact) mass is 174 g/mol. The zero-order valence-electron chi connectivity index (χ0n) is 7.82. The number of hydrogen-bond acceptors (Lipinski definition) is 3. The summed E-state index contributed by atoms with van der Waals surface area (Å²) in [5.74, 6) is 0. The molecule has 0 aromatic rings. The fourth-order valence-electron chi connectivity index (χ4n) is 0.633.